The maximum atomic E-state index is 12.0. The number of hydrogen-bond donors (Lipinski definition) is 0. The zero-order valence-electron chi connectivity index (χ0n) is 14.3. The molecule has 0 radical (unpaired) electrons. The lowest BCUT2D eigenvalue weighted by atomic mass is 9.88. The van der Waals surface area contributed by atoms with Gasteiger partial charge in [0.2, 0.25) is 0 Å². The van der Waals surface area contributed by atoms with Crippen molar-refractivity contribution in [2.45, 2.75) is 38.5 Å². The molecule has 1 aliphatic carbocycles. The van der Waals surface area contributed by atoms with Gasteiger partial charge in [0.25, 0.3) is 0 Å². The van der Waals surface area contributed by atoms with Crippen LogP contribution in [0.1, 0.15) is 55.2 Å². The van der Waals surface area contributed by atoms with E-state index in [-0.39, 0.29) is 11.9 Å². The van der Waals surface area contributed by atoms with Crippen LogP contribution in [0.4, 0.5) is 0 Å². The molecule has 3 rings (SSSR count). The number of esters is 1. The second kappa shape index (κ2) is 7.43. The van der Waals surface area contributed by atoms with Crippen LogP contribution in [0.3, 0.4) is 0 Å². The number of fused-ring (bicyclic) bond motifs is 1. The number of methoxy groups -OCH3 is 1. The number of ether oxygens (including phenoxy) is 1. The molecule has 1 heterocycles. The fourth-order valence-corrected chi connectivity index (χ4v) is 3.58. The van der Waals surface area contributed by atoms with Gasteiger partial charge in [-0.1, -0.05) is 37.6 Å². The Labute approximate surface area is 143 Å². The fraction of sp³-hybridized carbons (Fsp3) is 0.333. The molecule has 1 aromatic heterocycles. The average Bonchev–Trinajstić information content (AvgIpc) is 2.94. The summed E-state index contributed by atoms with van der Waals surface area (Å²) in [4.78, 5) is 16.2. The number of aromatic nitrogens is 1. The van der Waals surface area contributed by atoms with Crippen molar-refractivity contribution in [1.29, 1.82) is 0 Å². The molecule has 0 saturated carbocycles. The number of unbranched alkanes of at least 4 members (excludes halogenated alkanes) is 1. The number of pyridine rings is 1. The van der Waals surface area contributed by atoms with Crippen LogP contribution in [-0.4, -0.2) is 18.1 Å². The maximum Gasteiger partial charge on any atom is 0.306 e. The van der Waals surface area contributed by atoms with Crippen molar-refractivity contribution in [3.05, 3.63) is 65.5 Å². The zero-order chi connectivity index (χ0) is 16.9. The molecular formula is C21H23NO2. The van der Waals surface area contributed by atoms with E-state index in [9.17, 15) is 4.79 Å². The van der Waals surface area contributed by atoms with Gasteiger partial charge in [-0.05, 0) is 52.8 Å². The van der Waals surface area contributed by atoms with E-state index in [2.05, 4.69) is 36.2 Å². The summed E-state index contributed by atoms with van der Waals surface area (Å²) >= 11 is 0. The first-order valence-corrected chi connectivity index (χ1v) is 8.55. The molecule has 0 aliphatic heterocycles. The molecule has 24 heavy (non-hydrogen) atoms. The van der Waals surface area contributed by atoms with Crippen molar-refractivity contribution in [3.63, 3.8) is 0 Å². The third-order valence-electron chi connectivity index (χ3n) is 4.71. The first-order valence-electron chi connectivity index (χ1n) is 8.55. The van der Waals surface area contributed by atoms with Gasteiger partial charge in [0.05, 0.1) is 13.5 Å². The van der Waals surface area contributed by atoms with Crippen molar-refractivity contribution in [2.75, 3.05) is 7.11 Å². The molecule has 0 saturated heterocycles. The standard InChI is InChI=1S/C21H23NO2/c1-3-4-7-18-16-8-5-6-9-17(16)19(14-20(23)24-2)21(18)15-10-12-22-13-11-15/h5-6,8-13,19H,3-4,7,14H2,1-2H3. The molecule has 0 N–H and O–H groups in total. The topological polar surface area (TPSA) is 39.2 Å². The number of hydrogen-bond acceptors (Lipinski definition) is 3. The molecule has 0 bridgehead atoms. The normalized spacial score (nSPS) is 16.2. The number of allylic oxidation sites excluding steroid dienone is 2. The van der Waals surface area contributed by atoms with E-state index in [1.54, 1.807) is 0 Å². The molecule has 1 atom stereocenters. The van der Waals surface area contributed by atoms with Crippen molar-refractivity contribution >= 4 is 17.1 Å². The van der Waals surface area contributed by atoms with E-state index in [0.717, 1.165) is 24.8 Å². The highest BCUT2D eigenvalue weighted by Gasteiger charge is 2.33. The molecule has 0 fully saturated rings. The average molecular weight is 321 g/mol. The summed E-state index contributed by atoms with van der Waals surface area (Å²) in [6.45, 7) is 2.21. The fourth-order valence-electron chi connectivity index (χ4n) is 3.58. The van der Waals surface area contributed by atoms with Crippen molar-refractivity contribution in [3.8, 4) is 0 Å². The summed E-state index contributed by atoms with van der Waals surface area (Å²) < 4.78 is 4.95. The van der Waals surface area contributed by atoms with Crippen LogP contribution in [0.25, 0.3) is 11.1 Å². The molecule has 3 nitrogen and oxygen atoms in total. The van der Waals surface area contributed by atoms with Gasteiger partial charge in [-0.2, -0.15) is 0 Å². The van der Waals surface area contributed by atoms with E-state index in [0.29, 0.717) is 6.42 Å². The molecule has 1 unspecified atom stereocenters. The van der Waals surface area contributed by atoms with Gasteiger partial charge in [-0.25, -0.2) is 0 Å². The second-order valence-electron chi connectivity index (χ2n) is 6.15. The lowest BCUT2D eigenvalue weighted by Gasteiger charge is -2.16. The second-order valence-corrected chi connectivity index (χ2v) is 6.15. The Bertz CT molecular complexity index is 749. The molecule has 1 aliphatic rings. The van der Waals surface area contributed by atoms with Crippen LogP contribution < -0.4 is 0 Å². The molecule has 2 aromatic rings. The largest absolute Gasteiger partial charge is 0.469 e. The number of benzene rings is 1. The Hall–Kier alpha value is -2.42. The van der Waals surface area contributed by atoms with Crippen molar-refractivity contribution in [1.82, 2.24) is 4.98 Å². The van der Waals surface area contributed by atoms with E-state index in [1.165, 1.54) is 29.4 Å². The highest BCUT2D eigenvalue weighted by molar-refractivity contribution is 6.00. The molecule has 3 heteroatoms. The molecular weight excluding hydrogens is 298 g/mol. The third-order valence-corrected chi connectivity index (χ3v) is 4.71. The minimum absolute atomic E-state index is 0.0582. The van der Waals surface area contributed by atoms with Crippen molar-refractivity contribution < 1.29 is 9.53 Å². The summed E-state index contributed by atoms with van der Waals surface area (Å²) in [5.41, 5.74) is 6.30. The number of rotatable bonds is 6. The van der Waals surface area contributed by atoms with E-state index in [4.69, 9.17) is 4.74 Å². The number of nitrogens with zero attached hydrogens (tertiary/aromatic N) is 1. The zero-order valence-corrected chi connectivity index (χ0v) is 14.3. The van der Waals surface area contributed by atoms with Gasteiger partial charge >= 0.3 is 5.97 Å². The van der Waals surface area contributed by atoms with Crippen molar-refractivity contribution in [2.24, 2.45) is 0 Å². The Morgan fingerprint density at radius 3 is 2.62 bits per heavy atom. The van der Waals surface area contributed by atoms with Gasteiger partial charge in [0.1, 0.15) is 0 Å². The summed E-state index contributed by atoms with van der Waals surface area (Å²) in [6.07, 6.45) is 7.33. The Balaban J connectivity index is 2.13. The van der Waals surface area contributed by atoms with Crippen LogP contribution in [0.15, 0.2) is 48.8 Å². The molecule has 124 valence electrons. The van der Waals surface area contributed by atoms with Crippen LogP contribution in [0.5, 0.6) is 0 Å². The monoisotopic (exact) mass is 321 g/mol. The number of carbonyl (C=O) groups is 1. The van der Waals surface area contributed by atoms with Gasteiger partial charge in [-0.15, -0.1) is 0 Å². The summed E-state index contributed by atoms with van der Waals surface area (Å²) in [7, 11) is 1.46. The highest BCUT2D eigenvalue weighted by atomic mass is 16.5. The summed E-state index contributed by atoms with van der Waals surface area (Å²) in [5.74, 6) is -0.110. The van der Waals surface area contributed by atoms with Gasteiger partial charge in [0, 0.05) is 18.3 Å². The minimum atomic E-state index is -0.168. The molecule has 0 spiro atoms. The third kappa shape index (κ3) is 3.12. The summed E-state index contributed by atoms with van der Waals surface area (Å²) in [6, 6.07) is 12.5. The van der Waals surface area contributed by atoms with Gasteiger partial charge in [0.15, 0.2) is 0 Å². The first-order chi connectivity index (χ1) is 11.8. The minimum Gasteiger partial charge on any atom is -0.469 e. The smallest absolute Gasteiger partial charge is 0.306 e. The van der Waals surface area contributed by atoms with E-state index >= 15 is 0 Å². The predicted octanol–water partition coefficient (Wildman–Crippen LogP) is 4.84. The van der Waals surface area contributed by atoms with Crippen LogP contribution >= 0.6 is 0 Å². The Morgan fingerprint density at radius 1 is 1.17 bits per heavy atom. The van der Waals surface area contributed by atoms with E-state index in [1.807, 2.05) is 24.5 Å². The van der Waals surface area contributed by atoms with Crippen LogP contribution in [-0.2, 0) is 9.53 Å². The SMILES string of the molecule is CCCCC1=C(c2ccncc2)C(CC(=O)OC)c2ccccc21. The Kier molecular flexibility index (Phi) is 5.09. The van der Waals surface area contributed by atoms with Crippen LogP contribution in [0.2, 0.25) is 0 Å². The van der Waals surface area contributed by atoms with Gasteiger partial charge in [-0.3, -0.25) is 9.78 Å². The lowest BCUT2D eigenvalue weighted by molar-refractivity contribution is -0.140. The predicted molar refractivity (Wildman–Crippen MR) is 96.4 cm³/mol. The highest BCUT2D eigenvalue weighted by Crippen LogP contribution is 2.50. The lowest BCUT2D eigenvalue weighted by Crippen LogP contribution is -2.08. The van der Waals surface area contributed by atoms with E-state index < -0.39 is 0 Å². The molecule has 1 aromatic carbocycles. The summed E-state index contributed by atoms with van der Waals surface area (Å²) in [5, 5.41) is 0. The molecule has 0 amide bonds. The van der Waals surface area contributed by atoms with Crippen LogP contribution in [0, 0.1) is 0 Å². The number of carbonyl (C=O) groups excluding carboxylic acids is 1. The van der Waals surface area contributed by atoms with Gasteiger partial charge < -0.3 is 4.74 Å². The first kappa shape index (κ1) is 16.4. The quantitative estimate of drug-likeness (QED) is 0.714. The Morgan fingerprint density at radius 2 is 1.92 bits per heavy atom. The maximum absolute atomic E-state index is 12.0.